The lowest BCUT2D eigenvalue weighted by molar-refractivity contribution is -0.300. The first-order valence-electron chi connectivity index (χ1n) is 15.4. The molecule has 1 aromatic rings. The van der Waals surface area contributed by atoms with Gasteiger partial charge >= 0.3 is 0 Å². The molecule has 268 valence electrons. The molecular weight excluding hydrogens is 661 g/mol. The molecule has 0 amide bonds. The number of aliphatic hydroxyl groups excluding tert-OH is 7. The number of aryl methyl sites for hydroxylation is 1. The summed E-state index contributed by atoms with van der Waals surface area (Å²) >= 11 is 0. The van der Waals surface area contributed by atoms with Gasteiger partial charge in [-0.2, -0.15) is 8.42 Å². The average Bonchev–Trinajstić information content (AvgIpc) is 2.96. The van der Waals surface area contributed by atoms with Crippen LogP contribution in [-0.2, 0) is 33.2 Å². The van der Waals surface area contributed by atoms with Crippen molar-refractivity contribution in [1.82, 2.24) is 0 Å². The van der Waals surface area contributed by atoms with Gasteiger partial charge < -0.3 is 54.7 Å². The number of hydrogen-bond acceptors (Lipinski definition) is 14. The molecule has 0 unspecified atom stereocenters. The molecule has 0 saturated carbocycles. The lowest BCUT2D eigenvalue weighted by Crippen LogP contribution is -2.59. The van der Waals surface area contributed by atoms with E-state index in [1.165, 1.54) is 12.1 Å². The van der Waals surface area contributed by atoms with Gasteiger partial charge in [-0.15, -0.1) is 0 Å². The predicted molar refractivity (Wildman–Crippen MR) is 173 cm³/mol. The molecule has 7 N–H and O–H groups in total. The Morgan fingerprint density at radius 2 is 1.09 bits per heavy atom. The second-order valence-electron chi connectivity index (χ2n) is 14.1. The number of ether oxygens (including phenoxy) is 4. The van der Waals surface area contributed by atoms with Crippen LogP contribution in [0.25, 0.3) is 0 Å². The van der Waals surface area contributed by atoms with Crippen molar-refractivity contribution in [2.24, 2.45) is 0 Å². The highest BCUT2D eigenvalue weighted by Gasteiger charge is 2.45. The molecule has 17 heteroatoms. The first-order valence-corrected chi connectivity index (χ1v) is 24.2. The Hall–Kier alpha value is -0.876. The quantitative estimate of drug-likeness (QED) is 0.106. The maximum absolute atomic E-state index is 12.3. The Morgan fingerprint density at radius 3 is 1.50 bits per heavy atom. The highest BCUT2D eigenvalue weighted by molar-refractivity contribution is 7.86. The SMILES string of the molecule is C[Si](C)(C)CCO[C@@H]1O[C@H](CO)[C@@H](O)[C@H](O)[C@H]1O.Cc1ccc(S(=O)(=O)OC[C@H]2O[C@@H](OCC[Si](C)(C)C)[C@H](O)[C@@H](O)[C@@H]2O)cc1. The molecule has 2 heterocycles. The van der Waals surface area contributed by atoms with Crippen LogP contribution < -0.4 is 0 Å². The number of aliphatic hydroxyl groups is 7. The second kappa shape index (κ2) is 17.7. The summed E-state index contributed by atoms with van der Waals surface area (Å²) in [5.41, 5.74) is 0.903. The topological polar surface area (TPSA) is 222 Å². The Bertz CT molecular complexity index is 1140. The van der Waals surface area contributed by atoms with Crippen molar-refractivity contribution in [2.45, 2.75) is 125 Å². The number of rotatable bonds is 13. The normalized spacial score (nSPS) is 32.5. The zero-order valence-corrected chi connectivity index (χ0v) is 30.5. The van der Waals surface area contributed by atoms with Crippen molar-refractivity contribution in [3.05, 3.63) is 29.8 Å². The zero-order valence-electron chi connectivity index (χ0n) is 27.7. The monoisotopic (exact) mass is 714 g/mol. The number of benzene rings is 1. The van der Waals surface area contributed by atoms with E-state index in [2.05, 4.69) is 39.3 Å². The van der Waals surface area contributed by atoms with Gasteiger partial charge in [-0.3, -0.25) is 4.18 Å². The van der Waals surface area contributed by atoms with E-state index in [-0.39, 0.29) is 4.90 Å². The molecule has 2 aliphatic rings. The van der Waals surface area contributed by atoms with E-state index in [4.69, 9.17) is 28.2 Å². The molecule has 0 bridgehead atoms. The standard InChI is InChI=1S/C18H30O8SSi.C11H24O6Si/c1-12-5-7-13(8-6-12)27(22,23)25-11-14-15(19)16(20)17(21)18(26-14)24-9-10-28(2,3)4;1-18(2,3)5-4-16-11-10(15)9(14)8(13)7(6-12)17-11/h5-8,14-21H,9-11H2,1-4H3;7-15H,4-6H2,1-3H3/t14-,15-,16+,17-,18-;7-,8-,9+,10-,11-/m11/s1. The third kappa shape index (κ3) is 12.9. The largest absolute Gasteiger partial charge is 0.394 e. The molecule has 14 nitrogen and oxygen atoms in total. The van der Waals surface area contributed by atoms with Crippen LogP contribution in [0.3, 0.4) is 0 Å². The van der Waals surface area contributed by atoms with Crippen molar-refractivity contribution < 1.29 is 67.3 Å². The fourth-order valence-corrected chi connectivity index (χ4v) is 6.67. The molecular formula is C29H54O14SSi2. The second-order valence-corrected chi connectivity index (χ2v) is 27.0. The zero-order chi connectivity index (χ0) is 35.0. The van der Waals surface area contributed by atoms with Gasteiger partial charge in [0.15, 0.2) is 12.6 Å². The summed E-state index contributed by atoms with van der Waals surface area (Å²) in [6, 6.07) is 7.85. The summed E-state index contributed by atoms with van der Waals surface area (Å²) in [5.74, 6) is 0. The maximum Gasteiger partial charge on any atom is 0.297 e. The molecule has 0 aromatic heterocycles. The third-order valence-electron chi connectivity index (χ3n) is 7.48. The van der Waals surface area contributed by atoms with Crippen molar-refractivity contribution >= 4 is 26.3 Å². The molecule has 0 aliphatic carbocycles. The summed E-state index contributed by atoms with van der Waals surface area (Å²) in [6.45, 7) is 14.7. The van der Waals surface area contributed by atoms with E-state index in [0.717, 1.165) is 17.7 Å². The Kier molecular flexibility index (Phi) is 15.9. The fraction of sp³-hybridized carbons (Fsp3) is 0.793. The minimum atomic E-state index is -4.06. The van der Waals surface area contributed by atoms with Crippen molar-refractivity contribution in [2.75, 3.05) is 26.4 Å². The Balaban J connectivity index is 0.000000353. The molecule has 0 radical (unpaired) electrons. The fourth-order valence-electron chi connectivity index (χ4n) is 4.29. The summed E-state index contributed by atoms with van der Waals surface area (Å²) in [5, 5.41) is 68.2. The Labute approximate surface area is 274 Å². The highest BCUT2D eigenvalue weighted by Crippen LogP contribution is 2.25. The van der Waals surface area contributed by atoms with Crippen LogP contribution in [0.15, 0.2) is 29.2 Å². The number of hydrogen-bond donors (Lipinski definition) is 7. The van der Waals surface area contributed by atoms with Gasteiger partial charge in [0.05, 0.1) is 18.1 Å². The van der Waals surface area contributed by atoms with Crippen LogP contribution in [0.4, 0.5) is 0 Å². The summed E-state index contributed by atoms with van der Waals surface area (Å²) in [4.78, 5) is -0.0214. The van der Waals surface area contributed by atoms with Crippen molar-refractivity contribution in [1.29, 1.82) is 0 Å². The minimum Gasteiger partial charge on any atom is -0.394 e. The van der Waals surface area contributed by atoms with Gasteiger partial charge in [-0.25, -0.2) is 0 Å². The molecule has 3 rings (SSSR count). The van der Waals surface area contributed by atoms with E-state index in [0.29, 0.717) is 13.2 Å². The first-order chi connectivity index (χ1) is 21.2. The summed E-state index contributed by atoms with van der Waals surface area (Å²) < 4.78 is 51.3. The van der Waals surface area contributed by atoms with Gasteiger partial charge in [-0.1, -0.05) is 57.0 Å². The maximum atomic E-state index is 12.3. The van der Waals surface area contributed by atoms with E-state index in [1.54, 1.807) is 12.1 Å². The third-order valence-corrected chi connectivity index (χ3v) is 12.2. The van der Waals surface area contributed by atoms with Gasteiger partial charge in [0.25, 0.3) is 10.1 Å². The lowest BCUT2D eigenvalue weighted by atomic mass is 9.99. The van der Waals surface area contributed by atoms with E-state index in [9.17, 15) is 39.1 Å². The first kappa shape index (κ1) is 41.3. The molecule has 2 saturated heterocycles. The molecule has 10 atom stereocenters. The minimum absolute atomic E-state index is 0.0214. The molecule has 46 heavy (non-hydrogen) atoms. The van der Waals surface area contributed by atoms with Crippen LogP contribution >= 0.6 is 0 Å². The molecule has 1 aromatic carbocycles. The van der Waals surface area contributed by atoms with Crippen LogP contribution in [0, 0.1) is 6.92 Å². The molecule has 2 aliphatic heterocycles. The van der Waals surface area contributed by atoms with Gasteiger partial charge in [0.1, 0.15) is 48.8 Å². The van der Waals surface area contributed by atoms with E-state index >= 15 is 0 Å². The van der Waals surface area contributed by atoms with Crippen LogP contribution in [0.2, 0.25) is 51.4 Å². The van der Waals surface area contributed by atoms with Crippen LogP contribution in [0.5, 0.6) is 0 Å². The van der Waals surface area contributed by atoms with Gasteiger partial charge in [-0.05, 0) is 31.1 Å². The van der Waals surface area contributed by atoms with Crippen LogP contribution in [-0.4, -0.2) is 148 Å². The summed E-state index contributed by atoms with van der Waals surface area (Å²) in [6.07, 6.45) is -12.7. The van der Waals surface area contributed by atoms with Gasteiger partial charge in [0, 0.05) is 29.4 Å². The van der Waals surface area contributed by atoms with Crippen LogP contribution in [0.1, 0.15) is 5.56 Å². The highest BCUT2D eigenvalue weighted by atomic mass is 32.2. The Morgan fingerprint density at radius 1 is 0.674 bits per heavy atom. The summed E-state index contributed by atoms with van der Waals surface area (Å²) in [7, 11) is -6.67. The van der Waals surface area contributed by atoms with E-state index in [1.807, 2.05) is 6.92 Å². The average molecular weight is 715 g/mol. The molecule has 0 spiro atoms. The van der Waals surface area contributed by atoms with E-state index < -0.39 is 101 Å². The lowest BCUT2D eigenvalue weighted by Gasteiger charge is -2.40. The molecule has 2 fully saturated rings. The predicted octanol–water partition coefficient (Wildman–Crippen LogP) is 0.00382. The van der Waals surface area contributed by atoms with Crippen molar-refractivity contribution in [3.63, 3.8) is 0 Å². The van der Waals surface area contributed by atoms with Crippen molar-refractivity contribution in [3.8, 4) is 0 Å². The van der Waals surface area contributed by atoms with Gasteiger partial charge in [0.2, 0.25) is 0 Å². The smallest absolute Gasteiger partial charge is 0.297 e.